The van der Waals surface area contributed by atoms with E-state index in [0.717, 1.165) is 23.6 Å². The van der Waals surface area contributed by atoms with Gasteiger partial charge in [0.25, 0.3) is 5.91 Å². The smallest absolute Gasteiger partial charge is 0.345 e. The molecule has 0 bridgehead atoms. The highest BCUT2D eigenvalue weighted by atomic mass is 32.2. The van der Waals surface area contributed by atoms with Crippen molar-refractivity contribution in [1.82, 2.24) is 9.21 Å². The van der Waals surface area contributed by atoms with Crippen LogP contribution in [0.1, 0.15) is 31.9 Å². The van der Waals surface area contributed by atoms with Crippen LogP contribution in [0.25, 0.3) is 0 Å². The summed E-state index contributed by atoms with van der Waals surface area (Å²) < 4.78 is 34.4. The van der Waals surface area contributed by atoms with E-state index in [9.17, 15) is 13.2 Å². The van der Waals surface area contributed by atoms with E-state index in [4.69, 9.17) is 4.42 Å². The Morgan fingerprint density at radius 3 is 2.83 bits per heavy atom. The summed E-state index contributed by atoms with van der Waals surface area (Å²) in [6.45, 7) is 2.62. The average Bonchev–Trinajstić information content (AvgIpc) is 3.04. The molecule has 1 aromatic heterocycles. The zero-order valence-corrected chi connectivity index (χ0v) is 13.9. The molecule has 1 atom stereocenters. The number of piperidine rings is 1. The van der Waals surface area contributed by atoms with E-state index in [2.05, 4.69) is 4.40 Å². The van der Waals surface area contributed by atoms with Crippen LogP contribution >= 0.6 is 0 Å². The van der Waals surface area contributed by atoms with Gasteiger partial charge in [0.15, 0.2) is 5.76 Å². The first-order valence-corrected chi connectivity index (χ1v) is 8.95. The lowest BCUT2D eigenvalue weighted by molar-refractivity contribution is -0.131. The Bertz CT molecular complexity index is 765. The number of hydrogen-bond acceptors (Lipinski definition) is 4. The molecule has 0 N–H and O–H groups in total. The van der Waals surface area contributed by atoms with E-state index in [1.54, 1.807) is 17.0 Å². The Balaban J connectivity index is 1.99. The van der Waals surface area contributed by atoms with Crippen LogP contribution in [-0.4, -0.2) is 48.9 Å². The zero-order chi connectivity index (χ0) is 16.6. The number of furan rings is 1. The van der Waals surface area contributed by atoms with Crippen LogP contribution < -0.4 is 0 Å². The monoisotopic (exact) mass is 337 g/mol. The number of carbonyl (C=O) groups excluding carboxylic acids is 1. The molecule has 2 aliphatic rings. The number of rotatable bonds is 2. The van der Waals surface area contributed by atoms with Gasteiger partial charge in [-0.15, -0.1) is 4.40 Å². The summed E-state index contributed by atoms with van der Waals surface area (Å²) in [4.78, 5) is 14.6. The number of amides is 1. The number of likely N-dealkylation sites (N-methyl/N-ethyl adjacent to an activating group) is 1. The van der Waals surface area contributed by atoms with Crippen molar-refractivity contribution in [3.63, 3.8) is 0 Å². The molecule has 1 saturated heterocycles. The minimum Gasteiger partial charge on any atom is -0.463 e. The van der Waals surface area contributed by atoms with Gasteiger partial charge in [-0.1, -0.05) is 0 Å². The first-order chi connectivity index (χ1) is 10.9. The predicted octanol–water partition coefficient (Wildman–Crippen LogP) is 1.54. The lowest BCUT2D eigenvalue weighted by Gasteiger charge is -2.35. The minimum atomic E-state index is -3.94. The number of likely N-dealkylation sites (tertiary alicyclic amines) is 1. The van der Waals surface area contributed by atoms with Crippen molar-refractivity contribution in [2.75, 3.05) is 13.6 Å². The molecule has 0 saturated carbocycles. The van der Waals surface area contributed by atoms with Gasteiger partial charge < -0.3 is 9.32 Å². The van der Waals surface area contributed by atoms with E-state index in [1.807, 2.05) is 6.92 Å². The third kappa shape index (κ3) is 2.90. The van der Waals surface area contributed by atoms with Gasteiger partial charge in [-0.25, -0.2) is 4.31 Å². The second-order valence-electron chi connectivity index (χ2n) is 5.77. The molecule has 23 heavy (non-hydrogen) atoms. The molecule has 3 heterocycles. The van der Waals surface area contributed by atoms with Crippen molar-refractivity contribution in [2.24, 2.45) is 4.40 Å². The summed E-state index contributed by atoms with van der Waals surface area (Å²) in [5, 5.41) is 0. The molecule has 2 aliphatic heterocycles. The number of allylic oxidation sites excluding steroid dienone is 1. The largest absolute Gasteiger partial charge is 0.463 e. The predicted molar refractivity (Wildman–Crippen MR) is 85.0 cm³/mol. The minimum absolute atomic E-state index is 0.0965. The number of carbonyl (C=O) groups is 1. The Morgan fingerprint density at radius 1 is 1.39 bits per heavy atom. The summed E-state index contributed by atoms with van der Waals surface area (Å²) in [7, 11) is -2.60. The van der Waals surface area contributed by atoms with E-state index >= 15 is 0 Å². The third-order valence-corrected chi connectivity index (χ3v) is 5.55. The standard InChI is InChI=1S/C15H19N3O4S/c1-11-6-3-4-8-18(11)15(19)13-10-12(14-7-5-9-22-14)16-23(20,21)17(13)2/h5,7,9-11H,3-4,6,8H2,1-2H3/t11-/m1/s1. The summed E-state index contributed by atoms with van der Waals surface area (Å²) >= 11 is 0. The van der Waals surface area contributed by atoms with Gasteiger partial charge in [-0.2, -0.15) is 8.42 Å². The molecule has 124 valence electrons. The molecule has 8 heteroatoms. The van der Waals surface area contributed by atoms with E-state index in [-0.39, 0.29) is 23.4 Å². The molecular formula is C15H19N3O4S. The highest BCUT2D eigenvalue weighted by Gasteiger charge is 2.34. The van der Waals surface area contributed by atoms with Crippen LogP contribution in [0, 0.1) is 0 Å². The van der Waals surface area contributed by atoms with Gasteiger partial charge in [0.1, 0.15) is 11.4 Å². The quantitative estimate of drug-likeness (QED) is 0.819. The molecule has 0 aliphatic carbocycles. The zero-order valence-electron chi connectivity index (χ0n) is 13.1. The summed E-state index contributed by atoms with van der Waals surface area (Å²) in [6, 6.07) is 3.35. The Kier molecular flexibility index (Phi) is 4.01. The van der Waals surface area contributed by atoms with E-state index < -0.39 is 10.2 Å². The van der Waals surface area contributed by atoms with Crippen molar-refractivity contribution in [2.45, 2.75) is 32.2 Å². The number of hydrogen-bond donors (Lipinski definition) is 0. The fourth-order valence-corrected chi connectivity index (χ4v) is 3.73. The van der Waals surface area contributed by atoms with E-state index in [0.29, 0.717) is 12.3 Å². The molecule has 1 amide bonds. The maximum absolute atomic E-state index is 12.8. The van der Waals surface area contributed by atoms with Crippen molar-refractivity contribution >= 4 is 21.8 Å². The fourth-order valence-electron chi connectivity index (χ4n) is 2.84. The van der Waals surface area contributed by atoms with Crippen molar-refractivity contribution in [3.05, 3.63) is 35.9 Å². The van der Waals surface area contributed by atoms with Gasteiger partial charge in [-0.05, 0) is 44.4 Å². The molecule has 1 aromatic rings. The third-order valence-electron chi connectivity index (χ3n) is 4.23. The Labute approximate surface area is 135 Å². The first kappa shape index (κ1) is 15.8. The van der Waals surface area contributed by atoms with Gasteiger partial charge >= 0.3 is 10.2 Å². The fraction of sp³-hybridized carbons (Fsp3) is 0.467. The molecule has 7 nitrogen and oxygen atoms in total. The lowest BCUT2D eigenvalue weighted by atomic mass is 10.0. The van der Waals surface area contributed by atoms with Gasteiger partial charge in [-0.3, -0.25) is 4.79 Å². The SMILES string of the molecule is C[C@@H]1CCCCN1C(=O)C1=CC(c2ccco2)=NS(=O)(=O)N1C. The maximum Gasteiger partial charge on any atom is 0.345 e. The highest BCUT2D eigenvalue weighted by molar-refractivity contribution is 7.88. The molecule has 0 radical (unpaired) electrons. The summed E-state index contributed by atoms with van der Waals surface area (Å²) in [6.07, 6.45) is 5.85. The van der Waals surface area contributed by atoms with Crippen molar-refractivity contribution < 1.29 is 17.6 Å². The molecule has 0 aromatic carbocycles. The highest BCUT2D eigenvalue weighted by Crippen LogP contribution is 2.24. The first-order valence-electron chi connectivity index (χ1n) is 7.55. The normalized spacial score (nSPS) is 24.2. The summed E-state index contributed by atoms with van der Waals surface area (Å²) in [5.41, 5.74) is 0.237. The van der Waals surface area contributed by atoms with Crippen LogP contribution in [0.2, 0.25) is 0 Å². The van der Waals surface area contributed by atoms with E-state index in [1.165, 1.54) is 19.4 Å². The number of nitrogens with zero attached hydrogens (tertiary/aromatic N) is 3. The van der Waals surface area contributed by atoms with Gasteiger partial charge in [0, 0.05) is 19.6 Å². The van der Waals surface area contributed by atoms with Gasteiger partial charge in [0.2, 0.25) is 0 Å². The molecule has 1 fully saturated rings. The Morgan fingerprint density at radius 2 is 2.17 bits per heavy atom. The second-order valence-corrected chi connectivity index (χ2v) is 7.40. The molecule has 0 unspecified atom stereocenters. The molecule has 0 spiro atoms. The van der Waals surface area contributed by atoms with Crippen LogP contribution in [0.5, 0.6) is 0 Å². The van der Waals surface area contributed by atoms with Crippen LogP contribution in [0.15, 0.2) is 39.0 Å². The van der Waals surface area contributed by atoms with Crippen LogP contribution in [-0.2, 0) is 15.0 Å². The van der Waals surface area contributed by atoms with Gasteiger partial charge in [0.05, 0.1) is 6.26 Å². The molecule has 3 rings (SSSR count). The lowest BCUT2D eigenvalue weighted by Crippen LogP contribution is -2.46. The summed E-state index contributed by atoms with van der Waals surface area (Å²) in [5.74, 6) is 0.0286. The topological polar surface area (TPSA) is 83.2 Å². The maximum atomic E-state index is 12.8. The molecular weight excluding hydrogens is 318 g/mol. The van der Waals surface area contributed by atoms with Crippen LogP contribution in [0.3, 0.4) is 0 Å². The van der Waals surface area contributed by atoms with Crippen molar-refractivity contribution in [3.8, 4) is 0 Å². The second kappa shape index (κ2) is 5.84. The van der Waals surface area contributed by atoms with Crippen molar-refractivity contribution in [1.29, 1.82) is 0 Å². The average molecular weight is 337 g/mol. The Hall–Kier alpha value is -2.09. The van der Waals surface area contributed by atoms with Crippen LogP contribution in [0.4, 0.5) is 0 Å².